The number of fused-ring (bicyclic) bond motifs is 1. The van der Waals surface area contributed by atoms with Gasteiger partial charge in [0.2, 0.25) is 0 Å². The SMILES string of the molecule is NC(C(=O)O)c1cccc2[nH]c(C3CC3)nc12. The van der Waals surface area contributed by atoms with Gasteiger partial charge in [0.1, 0.15) is 11.9 Å². The Balaban J connectivity index is 2.14. The second-order valence-corrected chi connectivity index (χ2v) is 4.46. The number of nitrogens with one attached hydrogen (secondary N) is 1. The minimum Gasteiger partial charge on any atom is -0.480 e. The van der Waals surface area contributed by atoms with E-state index in [2.05, 4.69) is 9.97 Å². The number of aromatic nitrogens is 2. The van der Waals surface area contributed by atoms with E-state index in [0.717, 1.165) is 24.2 Å². The van der Waals surface area contributed by atoms with Crippen LogP contribution in [-0.4, -0.2) is 21.0 Å². The lowest BCUT2D eigenvalue weighted by Crippen LogP contribution is -2.20. The molecule has 0 spiro atoms. The summed E-state index contributed by atoms with van der Waals surface area (Å²) < 4.78 is 0. The third kappa shape index (κ3) is 1.68. The molecular weight excluding hydrogens is 218 g/mol. The van der Waals surface area contributed by atoms with Crippen molar-refractivity contribution in [1.82, 2.24) is 9.97 Å². The van der Waals surface area contributed by atoms with Crippen LogP contribution in [0.4, 0.5) is 0 Å². The highest BCUT2D eigenvalue weighted by atomic mass is 16.4. The van der Waals surface area contributed by atoms with Gasteiger partial charge in [0.15, 0.2) is 0 Å². The summed E-state index contributed by atoms with van der Waals surface area (Å²) in [5.74, 6) is 0.426. The number of aliphatic carboxylic acids is 1. The summed E-state index contributed by atoms with van der Waals surface area (Å²) in [6, 6.07) is 4.40. The number of hydrogen-bond acceptors (Lipinski definition) is 3. The van der Waals surface area contributed by atoms with E-state index in [1.165, 1.54) is 0 Å². The molecule has 0 radical (unpaired) electrons. The standard InChI is InChI=1S/C12H13N3O2/c13-9(12(16)17)7-2-1-3-8-10(7)15-11(14-8)6-4-5-6/h1-3,6,9H,4-5,13H2,(H,14,15)(H,16,17). The van der Waals surface area contributed by atoms with Crippen molar-refractivity contribution in [3.63, 3.8) is 0 Å². The number of carbonyl (C=O) groups is 1. The molecule has 5 nitrogen and oxygen atoms in total. The van der Waals surface area contributed by atoms with Gasteiger partial charge in [-0.1, -0.05) is 12.1 Å². The van der Waals surface area contributed by atoms with Crippen LogP contribution in [0.2, 0.25) is 0 Å². The fourth-order valence-corrected chi connectivity index (χ4v) is 2.01. The molecule has 0 amide bonds. The molecular formula is C12H13N3O2. The van der Waals surface area contributed by atoms with Gasteiger partial charge in [-0.2, -0.15) is 0 Å². The molecule has 1 saturated carbocycles. The molecule has 5 heteroatoms. The maximum absolute atomic E-state index is 10.9. The molecule has 1 unspecified atom stereocenters. The van der Waals surface area contributed by atoms with E-state index in [-0.39, 0.29) is 0 Å². The molecule has 1 heterocycles. The topological polar surface area (TPSA) is 92.0 Å². The molecule has 1 aromatic carbocycles. The first kappa shape index (κ1) is 10.3. The highest BCUT2D eigenvalue weighted by Gasteiger charge is 2.28. The highest BCUT2D eigenvalue weighted by Crippen LogP contribution is 2.39. The van der Waals surface area contributed by atoms with Crippen molar-refractivity contribution < 1.29 is 9.90 Å². The predicted molar refractivity (Wildman–Crippen MR) is 62.6 cm³/mol. The molecule has 1 fully saturated rings. The Kier molecular flexibility index (Phi) is 2.16. The van der Waals surface area contributed by atoms with Crippen LogP contribution in [0, 0.1) is 0 Å². The summed E-state index contributed by atoms with van der Waals surface area (Å²) in [7, 11) is 0. The van der Waals surface area contributed by atoms with E-state index in [1.807, 2.05) is 6.07 Å². The van der Waals surface area contributed by atoms with Crippen LogP contribution >= 0.6 is 0 Å². The maximum Gasteiger partial charge on any atom is 0.325 e. The van der Waals surface area contributed by atoms with Crippen molar-refractivity contribution in [2.24, 2.45) is 5.73 Å². The molecule has 0 aliphatic heterocycles. The molecule has 17 heavy (non-hydrogen) atoms. The summed E-state index contributed by atoms with van der Waals surface area (Å²) in [6.45, 7) is 0. The lowest BCUT2D eigenvalue weighted by atomic mass is 10.1. The van der Waals surface area contributed by atoms with Gasteiger partial charge in [-0.25, -0.2) is 4.98 Å². The number of para-hydroxylation sites is 1. The van der Waals surface area contributed by atoms with Gasteiger partial charge in [0, 0.05) is 11.5 Å². The van der Waals surface area contributed by atoms with Crippen molar-refractivity contribution in [1.29, 1.82) is 0 Å². The minimum atomic E-state index is -1.03. The normalized spacial score (nSPS) is 17.2. The van der Waals surface area contributed by atoms with Crippen molar-refractivity contribution in [3.05, 3.63) is 29.6 Å². The second kappa shape index (κ2) is 3.56. The number of nitrogens with two attached hydrogens (primary N) is 1. The number of H-pyrrole nitrogens is 1. The first-order valence-corrected chi connectivity index (χ1v) is 5.63. The van der Waals surface area contributed by atoms with Gasteiger partial charge >= 0.3 is 5.97 Å². The third-order valence-corrected chi connectivity index (χ3v) is 3.13. The Hall–Kier alpha value is -1.88. The largest absolute Gasteiger partial charge is 0.480 e. The van der Waals surface area contributed by atoms with E-state index in [0.29, 0.717) is 17.0 Å². The number of aromatic amines is 1. The fraction of sp³-hybridized carbons (Fsp3) is 0.333. The van der Waals surface area contributed by atoms with Crippen LogP contribution < -0.4 is 5.73 Å². The monoisotopic (exact) mass is 231 g/mol. The first-order valence-electron chi connectivity index (χ1n) is 5.63. The Morgan fingerprint density at radius 3 is 2.94 bits per heavy atom. The van der Waals surface area contributed by atoms with E-state index >= 15 is 0 Å². The van der Waals surface area contributed by atoms with Crippen molar-refractivity contribution in [2.75, 3.05) is 0 Å². The summed E-state index contributed by atoms with van der Waals surface area (Å²) in [5, 5.41) is 8.96. The van der Waals surface area contributed by atoms with E-state index < -0.39 is 12.0 Å². The molecule has 1 aromatic heterocycles. The molecule has 3 rings (SSSR count). The Morgan fingerprint density at radius 2 is 2.29 bits per heavy atom. The summed E-state index contributed by atoms with van der Waals surface area (Å²) >= 11 is 0. The molecule has 0 bridgehead atoms. The first-order chi connectivity index (χ1) is 8.16. The third-order valence-electron chi connectivity index (χ3n) is 3.13. The second-order valence-electron chi connectivity index (χ2n) is 4.46. The van der Waals surface area contributed by atoms with Gasteiger partial charge in [0.05, 0.1) is 11.0 Å². The number of nitrogens with zero attached hydrogens (tertiary/aromatic N) is 1. The van der Waals surface area contributed by atoms with Crippen molar-refractivity contribution in [2.45, 2.75) is 24.8 Å². The highest BCUT2D eigenvalue weighted by molar-refractivity contribution is 5.86. The molecule has 1 atom stereocenters. The molecule has 4 N–H and O–H groups in total. The zero-order valence-electron chi connectivity index (χ0n) is 9.18. The van der Waals surface area contributed by atoms with Gasteiger partial charge < -0.3 is 15.8 Å². The summed E-state index contributed by atoms with van der Waals surface area (Å²) in [6.07, 6.45) is 2.31. The summed E-state index contributed by atoms with van der Waals surface area (Å²) in [4.78, 5) is 18.6. The number of benzene rings is 1. The summed E-state index contributed by atoms with van der Waals surface area (Å²) in [5.41, 5.74) is 7.77. The zero-order valence-corrected chi connectivity index (χ0v) is 9.18. The van der Waals surface area contributed by atoms with E-state index in [4.69, 9.17) is 10.8 Å². The number of carboxylic acid groups (broad SMARTS) is 1. The molecule has 1 aliphatic rings. The van der Waals surface area contributed by atoms with Crippen LogP contribution in [0.5, 0.6) is 0 Å². The molecule has 88 valence electrons. The number of hydrogen-bond donors (Lipinski definition) is 3. The average molecular weight is 231 g/mol. The van der Waals surface area contributed by atoms with E-state index in [9.17, 15) is 4.79 Å². The van der Waals surface area contributed by atoms with Crippen LogP contribution in [-0.2, 0) is 4.79 Å². The van der Waals surface area contributed by atoms with Crippen LogP contribution in [0.1, 0.15) is 36.2 Å². The van der Waals surface area contributed by atoms with Crippen LogP contribution in [0.15, 0.2) is 18.2 Å². The Morgan fingerprint density at radius 1 is 1.53 bits per heavy atom. The molecule has 1 aliphatic carbocycles. The van der Waals surface area contributed by atoms with Crippen molar-refractivity contribution >= 4 is 17.0 Å². The number of rotatable bonds is 3. The smallest absolute Gasteiger partial charge is 0.325 e. The fourth-order valence-electron chi connectivity index (χ4n) is 2.01. The Labute approximate surface area is 97.7 Å². The number of carboxylic acids is 1. The van der Waals surface area contributed by atoms with Crippen molar-refractivity contribution in [3.8, 4) is 0 Å². The lowest BCUT2D eigenvalue weighted by molar-refractivity contribution is -0.138. The minimum absolute atomic E-state index is 0.510. The van der Waals surface area contributed by atoms with Crippen LogP contribution in [0.3, 0.4) is 0 Å². The van der Waals surface area contributed by atoms with E-state index in [1.54, 1.807) is 12.1 Å². The Bertz CT molecular complexity index is 586. The maximum atomic E-state index is 10.9. The van der Waals surface area contributed by atoms with Gasteiger partial charge in [-0.05, 0) is 18.9 Å². The molecule has 2 aromatic rings. The van der Waals surface area contributed by atoms with Gasteiger partial charge in [-0.3, -0.25) is 4.79 Å². The van der Waals surface area contributed by atoms with Crippen LogP contribution in [0.25, 0.3) is 11.0 Å². The van der Waals surface area contributed by atoms with Gasteiger partial charge in [-0.15, -0.1) is 0 Å². The average Bonchev–Trinajstić information content (AvgIpc) is 3.07. The number of imidazole rings is 1. The zero-order chi connectivity index (χ0) is 12.0. The quantitative estimate of drug-likeness (QED) is 0.746. The predicted octanol–water partition coefficient (Wildman–Crippen LogP) is 1.52. The molecule has 0 saturated heterocycles. The lowest BCUT2D eigenvalue weighted by Gasteiger charge is -2.06. The van der Waals surface area contributed by atoms with Gasteiger partial charge in [0.25, 0.3) is 0 Å².